The Labute approximate surface area is 166 Å². The van der Waals surface area contributed by atoms with E-state index < -0.39 is 0 Å². The van der Waals surface area contributed by atoms with Crippen LogP contribution in [0.3, 0.4) is 0 Å². The van der Waals surface area contributed by atoms with Gasteiger partial charge in [0.15, 0.2) is 11.5 Å². The second-order valence-corrected chi connectivity index (χ2v) is 7.23. The highest BCUT2D eigenvalue weighted by atomic mass is 16.2. The first-order valence-corrected chi connectivity index (χ1v) is 9.76. The minimum atomic E-state index is -0.110. The second-order valence-electron chi connectivity index (χ2n) is 7.23. The number of amides is 1. The van der Waals surface area contributed by atoms with Crippen molar-refractivity contribution < 1.29 is 4.79 Å². The van der Waals surface area contributed by atoms with Crippen LogP contribution in [0.5, 0.6) is 0 Å². The zero-order valence-corrected chi connectivity index (χ0v) is 15.8. The number of fused-ring (bicyclic) bond motifs is 2. The predicted octanol–water partition coefficient (Wildman–Crippen LogP) is 2.19. The van der Waals surface area contributed by atoms with Crippen LogP contribution in [0.1, 0.15) is 31.1 Å². The summed E-state index contributed by atoms with van der Waals surface area (Å²) in [6.45, 7) is 1.13. The van der Waals surface area contributed by atoms with Crippen molar-refractivity contribution in [2.45, 2.75) is 31.8 Å². The van der Waals surface area contributed by atoms with E-state index in [9.17, 15) is 9.59 Å². The van der Waals surface area contributed by atoms with E-state index in [1.54, 1.807) is 10.7 Å². The lowest BCUT2D eigenvalue weighted by molar-refractivity contribution is -0.132. The number of hydrogen-bond acceptors (Lipinski definition) is 5. The Morgan fingerprint density at radius 2 is 1.97 bits per heavy atom. The number of carbonyl (C=O) groups excluding carboxylic acids is 1. The summed E-state index contributed by atoms with van der Waals surface area (Å²) < 4.78 is 3.68. The fourth-order valence-electron chi connectivity index (χ4n) is 4.11. The van der Waals surface area contributed by atoms with Crippen molar-refractivity contribution >= 4 is 22.5 Å². The summed E-state index contributed by atoms with van der Waals surface area (Å²) in [4.78, 5) is 26.9. The Kier molecular flexibility index (Phi) is 4.31. The molecule has 1 saturated heterocycles. The van der Waals surface area contributed by atoms with Crippen LogP contribution in [-0.2, 0) is 11.3 Å². The molecule has 5 rings (SSSR count). The highest BCUT2D eigenvalue weighted by molar-refractivity contribution is 5.79. The maximum atomic E-state index is 13.0. The first kappa shape index (κ1) is 17.5. The van der Waals surface area contributed by atoms with Gasteiger partial charge in [0.1, 0.15) is 0 Å². The van der Waals surface area contributed by atoms with Gasteiger partial charge in [-0.15, -0.1) is 10.2 Å². The number of para-hydroxylation sites is 1. The van der Waals surface area contributed by atoms with Gasteiger partial charge in [-0.3, -0.25) is 18.7 Å². The minimum Gasteiger partial charge on any atom is -0.332 e. The molecule has 4 heterocycles. The summed E-state index contributed by atoms with van der Waals surface area (Å²) in [5, 5.41) is 13.4. The molecular formula is C21H20N6O2. The lowest BCUT2D eigenvalue weighted by Crippen LogP contribution is -2.32. The molecule has 4 aromatic rings. The molecule has 1 aliphatic heterocycles. The highest BCUT2D eigenvalue weighted by Gasteiger charge is 2.32. The van der Waals surface area contributed by atoms with Gasteiger partial charge in [-0.25, -0.2) is 0 Å². The quantitative estimate of drug-likeness (QED) is 0.535. The molecule has 0 radical (unpaired) electrons. The molecule has 0 N–H and O–H groups in total. The number of carbonyl (C=O) groups is 1. The first-order valence-electron chi connectivity index (χ1n) is 9.76. The third-order valence-electron chi connectivity index (χ3n) is 5.51. The van der Waals surface area contributed by atoms with Crippen LogP contribution >= 0.6 is 0 Å². The maximum Gasteiger partial charge on any atom is 0.225 e. The first-order chi connectivity index (χ1) is 14.2. The van der Waals surface area contributed by atoms with E-state index in [2.05, 4.69) is 15.3 Å². The van der Waals surface area contributed by atoms with Crippen molar-refractivity contribution in [2.24, 2.45) is 0 Å². The predicted molar refractivity (Wildman–Crippen MR) is 107 cm³/mol. The van der Waals surface area contributed by atoms with E-state index in [1.807, 2.05) is 51.9 Å². The van der Waals surface area contributed by atoms with Gasteiger partial charge < -0.3 is 4.90 Å². The molecule has 0 aliphatic carbocycles. The summed E-state index contributed by atoms with van der Waals surface area (Å²) in [6, 6.07) is 13.0. The van der Waals surface area contributed by atoms with Gasteiger partial charge in [-0.05, 0) is 37.1 Å². The SMILES string of the molecule is O=C(CCn1ncc(=O)c2ccccc21)N1CCC[C@@H]1c1nnc2ccccn12. The van der Waals surface area contributed by atoms with E-state index in [4.69, 9.17) is 0 Å². The second kappa shape index (κ2) is 7.12. The Morgan fingerprint density at radius 1 is 1.10 bits per heavy atom. The van der Waals surface area contributed by atoms with Gasteiger partial charge in [0.05, 0.1) is 24.3 Å². The molecule has 0 bridgehead atoms. The summed E-state index contributed by atoms with van der Waals surface area (Å²) in [5.74, 6) is 0.864. The van der Waals surface area contributed by atoms with E-state index in [1.165, 1.54) is 6.20 Å². The molecule has 0 saturated carbocycles. The Bertz CT molecular complexity index is 1260. The fraction of sp³-hybridized carbons (Fsp3) is 0.286. The molecule has 0 spiro atoms. The fourth-order valence-corrected chi connectivity index (χ4v) is 4.11. The summed E-state index contributed by atoms with van der Waals surface area (Å²) in [7, 11) is 0. The van der Waals surface area contributed by atoms with Crippen LogP contribution < -0.4 is 5.43 Å². The van der Waals surface area contributed by atoms with Crippen LogP contribution in [0.25, 0.3) is 16.6 Å². The Hall–Kier alpha value is -3.55. The molecular weight excluding hydrogens is 368 g/mol. The summed E-state index contributed by atoms with van der Waals surface area (Å²) in [5.41, 5.74) is 1.42. The van der Waals surface area contributed by atoms with Crippen molar-refractivity contribution in [1.29, 1.82) is 0 Å². The lowest BCUT2D eigenvalue weighted by atomic mass is 10.2. The number of likely N-dealkylation sites (tertiary alicyclic amines) is 1. The molecule has 1 aromatic carbocycles. The van der Waals surface area contributed by atoms with Crippen LogP contribution in [0.4, 0.5) is 0 Å². The zero-order valence-electron chi connectivity index (χ0n) is 15.8. The third-order valence-corrected chi connectivity index (χ3v) is 5.51. The number of aromatic nitrogens is 5. The standard InChI is InChI=1S/C21H20N6O2/c28-18-14-22-27(16-7-2-1-6-15(16)18)13-10-20(29)25-12-5-8-17(25)21-24-23-19-9-3-4-11-26(19)21/h1-4,6-7,9,11,14,17H,5,8,10,12-13H2/t17-/m1/s1. The van der Waals surface area contributed by atoms with E-state index >= 15 is 0 Å². The maximum absolute atomic E-state index is 13.0. The van der Waals surface area contributed by atoms with E-state index in [-0.39, 0.29) is 17.4 Å². The molecule has 146 valence electrons. The monoisotopic (exact) mass is 388 g/mol. The topological polar surface area (TPSA) is 85.4 Å². The van der Waals surface area contributed by atoms with Gasteiger partial charge in [0, 0.05) is 24.5 Å². The number of hydrogen-bond donors (Lipinski definition) is 0. The smallest absolute Gasteiger partial charge is 0.225 e. The molecule has 3 aromatic heterocycles. The number of pyridine rings is 1. The molecule has 1 aliphatic rings. The van der Waals surface area contributed by atoms with Crippen LogP contribution in [0.2, 0.25) is 0 Å². The molecule has 1 amide bonds. The highest BCUT2D eigenvalue weighted by Crippen LogP contribution is 2.31. The van der Waals surface area contributed by atoms with Gasteiger partial charge in [-0.1, -0.05) is 18.2 Å². The number of benzene rings is 1. The number of nitrogens with zero attached hydrogens (tertiary/aromatic N) is 6. The van der Waals surface area contributed by atoms with Crippen molar-refractivity contribution in [2.75, 3.05) is 6.54 Å². The molecule has 1 atom stereocenters. The Morgan fingerprint density at radius 3 is 2.90 bits per heavy atom. The largest absolute Gasteiger partial charge is 0.332 e. The third kappa shape index (κ3) is 3.06. The van der Waals surface area contributed by atoms with Gasteiger partial charge in [0.2, 0.25) is 11.3 Å². The van der Waals surface area contributed by atoms with Crippen LogP contribution in [0.15, 0.2) is 59.7 Å². The zero-order chi connectivity index (χ0) is 19.8. The molecule has 8 nitrogen and oxygen atoms in total. The van der Waals surface area contributed by atoms with Gasteiger partial charge in [0.25, 0.3) is 0 Å². The average molecular weight is 388 g/mol. The molecule has 0 unspecified atom stereocenters. The molecule has 1 fully saturated rings. The summed E-state index contributed by atoms with van der Waals surface area (Å²) in [6.07, 6.45) is 5.38. The van der Waals surface area contributed by atoms with Crippen molar-refractivity contribution in [1.82, 2.24) is 29.3 Å². The van der Waals surface area contributed by atoms with Crippen LogP contribution in [0, 0.1) is 0 Å². The molecule has 8 heteroatoms. The van der Waals surface area contributed by atoms with Gasteiger partial charge in [-0.2, -0.15) is 5.10 Å². The Balaban J connectivity index is 1.37. The lowest BCUT2D eigenvalue weighted by Gasteiger charge is -2.23. The van der Waals surface area contributed by atoms with E-state index in [0.717, 1.165) is 29.8 Å². The van der Waals surface area contributed by atoms with E-state index in [0.29, 0.717) is 24.9 Å². The van der Waals surface area contributed by atoms with Crippen LogP contribution in [-0.4, -0.2) is 41.7 Å². The minimum absolute atomic E-state index is 0.0600. The normalized spacial score (nSPS) is 16.7. The molecule has 29 heavy (non-hydrogen) atoms. The average Bonchev–Trinajstić information content (AvgIpc) is 3.40. The summed E-state index contributed by atoms with van der Waals surface area (Å²) >= 11 is 0. The van der Waals surface area contributed by atoms with Gasteiger partial charge >= 0.3 is 0 Å². The number of aryl methyl sites for hydroxylation is 1. The number of rotatable bonds is 4. The van der Waals surface area contributed by atoms with Crippen molar-refractivity contribution in [3.8, 4) is 0 Å². The van der Waals surface area contributed by atoms with Crippen molar-refractivity contribution in [3.05, 3.63) is 70.9 Å². The van der Waals surface area contributed by atoms with Crippen molar-refractivity contribution in [3.63, 3.8) is 0 Å².